The largest absolute Gasteiger partial charge is 0.339 e. The highest BCUT2D eigenvalue weighted by Crippen LogP contribution is 2.39. The van der Waals surface area contributed by atoms with E-state index in [0.717, 1.165) is 24.3 Å². The first-order valence-electron chi connectivity index (χ1n) is 6.73. The molecule has 1 aromatic heterocycles. The lowest BCUT2D eigenvalue weighted by atomic mass is 9.94. The first-order valence-corrected chi connectivity index (χ1v) is 6.73. The van der Waals surface area contributed by atoms with Crippen LogP contribution in [0.15, 0.2) is 16.7 Å². The minimum Gasteiger partial charge on any atom is -0.339 e. The van der Waals surface area contributed by atoms with Gasteiger partial charge in [-0.25, -0.2) is 0 Å². The summed E-state index contributed by atoms with van der Waals surface area (Å²) in [5.41, 5.74) is 11.0. The van der Waals surface area contributed by atoms with E-state index in [2.05, 4.69) is 43.0 Å². The predicted molar refractivity (Wildman–Crippen MR) is 73.0 cm³/mol. The van der Waals surface area contributed by atoms with Gasteiger partial charge in [0.05, 0.1) is 6.04 Å². The molecule has 19 heavy (non-hydrogen) atoms. The zero-order valence-electron chi connectivity index (χ0n) is 11.6. The van der Waals surface area contributed by atoms with Crippen molar-refractivity contribution in [3.05, 3.63) is 46.1 Å². The van der Waals surface area contributed by atoms with E-state index >= 15 is 0 Å². The molecule has 0 radical (unpaired) electrons. The standard InChI is InChI=1S/C15H19N3O/c1-8-6-9(2)12(10(3)7-8)13(16)14-17-15(19-18-14)11-4-5-11/h6-7,11,13H,4-5,16H2,1-3H3. The Balaban J connectivity index is 1.96. The smallest absolute Gasteiger partial charge is 0.229 e. The molecule has 4 heteroatoms. The Labute approximate surface area is 113 Å². The lowest BCUT2D eigenvalue weighted by Crippen LogP contribution is -2.16. The number of nitrogens with two attached hydrogens (primary N) is 1. The van der Waals surface area contributed by atoms with Crippen molar-refractivity contribution in [3.63, 3.8) is 0 Å². The zero-order chi connectivity index (χ0) is 13.6. The van der Waals surface area contributed by atoms with Crippen LogP contribution in [0.2, 0.25) is 0 Å². The van der Waals surface area contributed by atoms with Crippen LogP contribution in [0.1, 0.15) is 58.8 Å². The van der Waals surface area contributed by atoms with Crippen LogP contribution >= 0.6 is 0 Å². The van der Waals surface area contributed by atoms with Gasteiger partial charge in [0.25, 0.3) is 0 Å². The Morgan fingerprint density at radius 2 is 1.84 bits per heavy atom. The second-order valence-electron chi connectivity index (χ2n) is 5.56. The Hall–Kier alpha value is -1.68. The molecule has 0 amide bonds. The fourth-order valence-corrected chi connectivity index (χ4v) is 2.68. The molecule has 1 fully saturated rings. The fourth-order valence-electron chi connectivity index (χ4n) is 2.68. The molecule has 2 N–H and O–H groups in total. The molecule has 3 rings (SSSR count). The van der Waals surface area contributed by atoms with E-state index in [1.54, 1.807) is 0 Å². The van der Waals surface area contributed by atoms with E-state index in [1.807, 2.05) is 0 Å². The minimum atomic E-state index is -0.308. The molecule has 1 heterocycles. The third-order valence-electron chi connectivity index (χ3n) is 3.71. The Kier molecular flexibility index (Phi) is 2.90. The number of hydrogen-bond acceptors (Lipinski definition) is 4. The highest BCUT2D eigenvalue weighted by atomic mass is 16.5. The van der Waals surface area contributed by atoms with Crippen molar-refractivity contribution in [2.75, 3.05) is 0 Å². The van der Waals surface area contributed by atoms with Crippen molar-refractivity contribution < 1.29 is 4.52 Å². The van der Waals surface area contributed by atoms with Crippen LogP contribution in [-0.4, -0.2) is 10.1 Å². The zero-order valence-corrected chi connectivity index (χ0v) is 11.6. The molecule has 1 atom stereocenters. The molecular formula is C15H19N3O. The van der Waals surface area contributed by atoms with Gasteiger partial charge in [0.1, 0.15) is 0 Å². The average molecular weight is 257 g/mol. The molecule has 0 bridgehead atoms. The van der Waals surface area contributed by atoms with E-state index in [0.29, 0.717) is 11.7 Å². The minimum absolute atomic E-state index is 0.308. The highest BCUT2D eigenvalue weighted by molar-refractivity contribution is 5.41. The Morgan fingerprint density at radius 1 is 1.21 bits per heavy atom. The quantitative estimate of drug-likeness (QED) is 0.918. The van der Waals surface area contributed by atoms with Crippen LogP contribution in [-0.2, 0) is 0 Å². The van der Waals surface area contributed by atoms with Crippen molar-refractivity contribution in [1.82, 2.24) is 10.1 Å². The topological polar surface area (TPSA) is 64.9 Å². The summed E-state index contributed by atoms with van der Waals surface area (Å²) in [4.78, 5) is 4.45. The average Bonchev–Trinajstić information content (AvgIpc) is 3.05. The SMILES string of the molecule is Cc1cc(C)c(C(N)c2noc(C3CC3)n2)c(C)c1. The van der Waals surface area contributed by atoms with Gasteiger partial charge < -0.3 is 10.3 Å². The lowest BCUT2D eigenvalue weighted by Gasteiger charge is -2.15. The molecule has 1 aliphatic rings. The first-order chi connectivity index (χ1) is 9.06. The summed E-state index contributed by atoms with van der Waals surface area (Å²) in [7, 11) is 0. The molecule has 1 unspecified atom stereocenters. The number of benzene rings is 1. The second kappa shape index (κ2) is 4.46. The van der Waals surface area contributed by atoms with Crippen molar-refractivity contribution in [2.45, 2.75) is 45.6 Å². The maximum Gasteiger partial charge on any atom is 0.229 e. The number of hydrogen-bond donors (Lipinski definition) is 1. The summed E-state index contributed by atoms with van der Waals surface area (Å²) >= 11 is 0. The van der Waals surface area contributed by atoms with Crippen LogP contribution in [0.5, 0.6) is 0 Å². The van der Waals surface area contributed by atoms with Gasteiger partial charge in [0, 0.05) is 5.92 Å². The molecule has 1 aromatic carbocycles. The molecule has 0 spiro atoms. The Morgan fingerprint density at radius 3 is 2.42 bits per heavy atom. The van der Waals surface area contributed by atoms with Crippen molar-refractivity contribution in [3.8, 4) is 0 Å². The summed E-state index contributed by atoms with van der Waals surface area (Å²) in [6.07, 6.45) is 2.30. The van der Waals surface area contributed by atoms with Crippen LogP contribution < -0.4 is 5.73 Å². The summed E-state index contributed by atoms with van der Waals surface area (Å²) in [5, 5.41) is 4.05. The Bertz CT molecular complexity index is 591. The van der Waals surface area contributed by atoms with Crippen LogP contribution in [0.25, 0.3) is 0 Å². The van der Waals surface area contributed by atoms with Gasteiger partial charge in [-0.05, 0) is 50.3 Å². The molecule has 0 saturated heterocycles. The number of aromatic nitrogens is 2. The molecule has 4 nitrogen and oxygen atoms in total. The molecule has 1 aliphatic carbocycles. The maximum absolute atomic E-state index is 6.32. The van der Waals surface area contributed by atoms with Gasteiger partial charge in [-0.3, -0.25) is 0 Å². The van der Waals surface area contributed by atoms with E-state index in [4.69, 9.17) is 10.3 Å². The third-order valence-corrected chi connectivity index (χ3v) is 3.71. The van der Waals surface area contributed by atoms with E-state index < -0.39 is 0 Å². The van der Waals surface area contributed by atoms with Gasteiger partial charge in [-0.2, -0.15) is 4.98 Å². The summed E-state index contributed by atoms with van der Waals surface area (Å²) in [5.74, 6) is 1.80. The van der Waals surface area contributed by atoms with E-state index in [1.165, 1.54) is 16.7 Å². The van der Waals surface area contributed by atoms with Gasteiger partial charge in [-0.1, -0.05) is 22.9 Å². The van der Waals surface area contributed by atoms with Crippen LogP contribution in [0, 0.1) is 20.8 Å². The molecule has 100 valence electrons. The third kappa shape index (κ3) is 2.28. The summed E-state index contributed by atoms with van der Waals surface area (Å²) < 4.78 is 5.29. The summed E-state index contributed by atoms with van der Waals surface area (Å²) in [6.45, 7) is 6.25. The monoisotopic (exact) mass is 257 g/mol. The van der Waals surface area contributed by atoms with Crippen LogP contribution in [0.3, 0.4) is 0 Å². The van der Waals surface area contributed by atoms with Gasteiger partial charge in [0.2, 0.25) is 5.89 Å². The lowest BCUT2D eigenvalue weighted by molar-refractivity contribution is 0.372. The molecule has 2 aromatic rings. The van der Waals surface area contributed by atoms with E-state index in [-0.39, 0.29) is 6.04 Å². The van der Waals surface area contributed by atoms with Crippen LogP contribution in [0.4, 0.5) is 0 Å². The maximum atomic E-state index is 6.32. The van der Waals surface area contributed by atoms with Gasteiger partial charge in [0.15, 0.2) is 5.82 Å². The molecule has 0 aliphatic heterocycles. The fraction of sp³-hybridized carbons (Fsp3) is 0.467. The predicted octanol–water partition coefficient (Wildman–Crippen LogP) is 2.92. The van der Waals surface area contributed by atoms with Crippen molar-refractivity contribution >= 4 is 0 Å². The number of aryl methyl sites for hydroxylation is 3. The van der Waals surface area contributed by atoms with Gasteiger partial charge >= 0.3 is 0 Å². The van der Waals surface area contributed by atoms with Crippen molar-refractivity contribution in [2.24, 2.45) is 5.73 Å². The highest BCUT2D eigenvalue weighted by Gasteiger charge is 2.31. The molecular weight excluding hydrogens is 238 g/mol. The van der Waals surface area contributed by atoms with Gasteiger partial charge in [-0.15, -0.1) is 0 Å². The molecule has 1 saturated carbocycles. The van der Waals surface area contributed by atoms with Crippen molar-refractivity contribution in [1.29, 1.82) is 0 Å². The van der Waals surface area contributed by atoms with E-state index in [9.17, 15) is 0 Å². The number of rotatable bonds is 3. The number of nitrogens with zero attached hydrogens (tertiary/aromatic N) is 2. The second-order valence-corrected chi connectivity index (χ2v) is 5.56. The normalized spacial score (nSPS) is 16.6. The summed E-state index contributed by atoms with van der Waals surface area (Å²) in [6, 6.07) is 3.98. The first kappa shape index (κ1) is 12.4.